The van der Waals surface area contributed by atoms with Gasteiger partial charge in [-0.3, -0.25) is 19.3 Å². The molecule has 2 aromatic rings. The van der Waals surface area contributed by atoms with E-state index >= 15 is 0 Å². The van der Waals surface area contributed by atoms with E-state index in [4.69, 9.17) is 26.8 Å². The van der Waals surface area contributed by atoms with Gasteiger partial charge in [-0.1, -0.05) is 42.2 Å². The largest absolute Gasteiger partial charge is 0.493 e. The molecule has 0 radical (unpaired) electrons. The van der Waals surface area contributed by atoms with Crippen LogP contribution in [0.2, 0.25) is 0 Å². The number of rotatable bonds is 8. The first-order chi connectivity index (χ1) is 17.4. The lowest BCUT2D eigenvalue weighted by atomic mass is 10.1. The van der Waals surface area contributed by atoms with Crippen LogP contribution in [0.3, 0.4) is 0 Å². The zero-order valence-corrected chi connectivity index (χ0v) is 21.4. The molecule has 0 aliphatic carbocycles. The Labute approximate surface area is 218 Å². The van der Waals surface area contributed by atoms with Crippen molar-refractivity contribution < 1.29 is 29.0 Å². The number of carboxylic acids is 1. The molecule has 2 heterocycles. The molecule has 0 spiro atoms. The van der Waals surface area contributed by atoms with Crippen LogP contribution in [0, 0.1) is 0 Å². The molecule has 8 nitrogen and oxygen atoms in total. The maximum Gasteiger partial charge on any atom is 0.323 e. The summed E-state index contributed by atoms with van der Waals surface area (Å²) >= 11 is 6.20. The Bertz CT molecular complexity index is 1210. The molecule has 2 aromatic carbocycles. The standard InChI is InChI=1S/C26H26N2O6S2/c1-33-21-13-18(14-22-25(32)28(15-23(29)30)26(35)36-22)7-10-20(21)34-16-17-5-8-19(9-6-17)24(31)27-11-3-2-4-12-27/h5-10,13-14H,2-4,11-12,15-16H2,1H3,(H,29,30)/b22-14+. The Morgan fingerprint density at radius 3 is 2.47 bits per heavy atom. The summed E-state index contributed by atoms with van der Waals surface area (Å²) < 4.78 is 11.6. The SMILES string of the molecule is COc1cc(/C=C2/SC(=S)N(CC(=O)O)C2=O)ccc1OCc1ccc(C(=O)N2CCCCC2)cc1. The number of carbonyl (C=O) groups excluding carboxylic acids is 2. The highest BCUT2D eigenvalue weighted by Gasteiger charge is 2.33. The Morgan fingerprint density at radius 1 is 1.08 bits per heavy atom. The number of hydrogen-bond acceptors (Lipinski definition) is 7. The summed E-state index contributed by atoms with van der Waals surface area (Å²) in [5.41, 5.74) is 2.28. The van der Waals surface area contributed by atoms with Crippen LogP contribution < -0.4 is 9.47 Å². The summed E-state index contributed by atoms with van der Waals surface area (Å²) in [7, 11) is 1.53. The van der Waals surface area contributed by atoms with Crippen molar-refractivity contribution >= 4 is 52.2 Å². The summed E-state index contributed by atoms with van der Waals surface area (Å²) in [5, 5.41) is 8.98. The van der Waals surface area contributed by atoms with E-state index in [2.05, 4.69) is 0 Å². The van der Waals surface area contributed by atoms with Crippen LogP contribution in [-0.4, -0.2) is 63.8 Å². The molecule has 4 rings (SSSR count). The minimum atomic E-state index is -1.13. The third-order valence-corrected chi connectivity index (χ3v) is 7.27. The molecule has 2 saturated heterocycles. The van der Waals surface area contributed by atoms with Gasteiger partial charge < -0.3 is 19.5 Å². The van der Waals surface area contributed by atoms with Gasteiger partial charge in [-0.25, -0.2) is 0 Å². The molecule has 0 saturated carbocycles. The molecule has 2 aliphatic rings. The minimum Gasteiger partial charge on any atom is -0.493 e. The number of piperidine rings is 1. The van der Waals surface area contributed by atoms with E-state index in [0.717, 1.165) is 48.2 Å². The quantitative estimate of drug-likeness (QED) is 0.404. The van der Waals surface area contributed by atoms with Crippen LogP contribution in [-0.2, 0) is 16.2 Å². The lowest BCUT2D eigenvalue weighted by molar-refractivity contribution is -0.140. The van der Waals surface area contributed by atoms with Crippen molar-refractivity contribution in [2.45, 2.75) is 25.9 Å². The summed E-state index contributed by atoms with van der Waals surface area (Å²) in [6.07, 6.45) is 4.94. The first kappa shape index (κ1) is 25.7. The van der Waals surface area contributed by atoms with E-state index in [1.807, 2.05) is 29.2 Å². The zero-order valence-electron chi connectivity index (χ0n) is 19.8. The van der Waals surface area contributed by atoms with Gasteiger partial charge in [0.25, 0.3) is 11.8 Å². The third kappa shape index (κ3) is 6.06. The number of likely N-dealkylation sites (tertiary alicyclic amines) is 1. The van der Waals surface area contributed by atoms with Crippen molar-refractivity contribution in [2.24, 2.45) is 0 Å². The molecule has 2 aliphatic heterocycles. The maximum atomic E-state index is 12.6. The van der Waals surface area contributed by atoms with E-state index in [1.54, 1.807) is 24.3 Å². The number of amides is 2. The first-order valence-electron chi connectivity index (χ1n) is 11.5. The summed E-state index contributed by atoms with van der Waals surface area (Å²) in [6.45, 7) is 1.46. The average molecular weight is 527 g/mol. The van der Waals surface area contributed by atoms with Crippen molar-refractivity contribution in [3.8, 4) is 11.5 Å². The number of thioether (sulfide) groups is 1. The van der Waals surface area contributed by atoms with Gasteiger partial charge in [0.1, 0.15) is 17.5 Å². The fourth-order valence-corrected chi connectivity index (χ4v) is 5.26. The number of carboxylic acid groups (broad SMARTS) is 1. The summed E-state index contributed by atoms with van der Waals surface area (Å²) in [4.78, 5) is 39.4. The second-order valence-corrected chi connectivity index (χ2v) is 10.1. The van der Waals surface area contributed by atoms with Crippen molar-refractivity contribution in [2.75, 3.05) is 26.7 Å². The number of ether oxygens (including phenoxy) is 2. The number of hydrogen-bond donors (Lipinski definition) is 1. The van der Waals surface area contributed by atoms with E-state index in [0.29, 0.717) is 34.1 Å². The number of methoxy groups -OCH3 is 1. The van der Waals surface area contributed by atoms with Crippen molar-refractivity contribution in [3.05, 3.63) is 64.1 Å². The molecule has 0 aromatic heterocycles. The number of carbonyl (C=O) groups is 3. The minimum absolute atomic E-state index is 0.0688. The van der Waals surface area contributed by atoms with Gasteiger partial charge in [0.15, 0.2) is 11.5 Å². The molecule has 188 valence electrons. The topological polar surface area (TPSA) is 96.4 Å². The molecule has 1 N–H and O–H groups in total. The van der Waals surface area contributed by atoms with Crippen molar-refractivity contribution in [1.29, 1.82) is 0 Å². The Kier molecular flexibility index (Phi) is 8.27. The predicted molar refractivity (Wildman–Crippen MR) is 141 cm³/mol. The van der Waals surface area contributed by atoms with Crippen molar-refractivity contribution in [3.63, 3.8) is 0 Å². The van der Waals surface area contributed by atoms with Gasteiger partial charge in [-0.05, 0) is 60.7 Å². The number of nitrogens with zero attached hydrogens (tertiary/aromatic N) is 2. The fourth-order valence-electron chi connectivity index (χ4n) is 4.00. The number of aliphatic carboxylic acids is 1. The average Bonchev–Trinajstić information content (AvgIpc) is 3.15. The van der Waals surface area contributed by atoms with Gasteiger partial charge in [0, 0.05) is 18.7 Å². The molecule has 10 heteroatoms. The van der Waals surface area contributed by atoms with Gasteiger partial charge in [0.05, 0.1) is 12.0 Å². The van der Waals surface area contributed by atoms with E-state index in [1.165, 1.54) is 13.5 Å². The third-order valence-electron chi connectivity index (χ3n) is 5.89. The lowest BCUT2D eigenvalue weighted by Gasteiger charge is -2.26. The summed E-state index contributed by atoms with van der Waals surface area (Å²) in [6, 6.07) is 12.7. The van der Waals surface area contributed by atoms with E-state index < -0.39 is 18.4 Å². The van der Waals surface area contributed by atoms with Gasteiger partial charge in [0.2, 0.25) is 0 Å². The van der Waals surface area contributed by atoms with Crippen molar-refractivity contribution in [1.82, 2.24) is 9.80 Å². The highest BCUT2D eigenvalue weighted by molar-refractivity contribution is 8.26. The normalized spacial score (nSPS) is 17.0. The number of thiocarbonyl (C=S) groups is 1. The van der Waals surface area contributed by atoms with Crippen LogP contribution >= 0.6 is 24.0 Å². The second-order valence-electron chi connectivity index (χ2n) is 8.41. The van der Waals surface area contributed by atoms with Crippen LogP contribution in [0.4, 0.5) is 0 Å². The predicted octanol–water partition coefficient (Wildman–Crippen LogP) is 4.19. The van der Waals surface area contributed by atoms with Gasteiger partial charge >= 0.3 is 5.97 Å². The first-order valence-corrected chi connectivity index (χ1v) is 12.7. The van der Waals surface area contributed by atoms with Gasteiger partial charge in [-0.15, -0.1) is 0 Å². The Hall–Kier alpha value is -3.37. The molecule has 2 amide bonds. The second kappa shape index (κ2) is 11.6. The number of benzene rings is 2. The molecule has 2 fully saturated rings. The lowest BCUT2D eigenvalue weighted by Crippen LogP contribution is -2.35. The zero-order chi connectivity index (χ0) is 25.7. The Balaban J connectivity index is 1.40. The smallest absolute Gasteiger partial charge is 0.323 e. The van der Waals surface area contributed by atoms with Crippen LogP contribution in [0.1, 0.15) is 40.7 Å². The Morgan fingerprint density at radius 2 is 1.81 bits per heavy atom. The van der Waals surface area contributed by atoms with E-state index in [9.17, 15) is 14.4 Å². The molecule has 0 bridgehead atoms. The van der Waals surface area contributed by atoms with Crippen LogP contribution in [0.25, 0.3) is 6.08 Å². The monoisotopic (exact) mass is 526 g/mol. The van der Waals surface area contributed by atoms with Gasteiger partial charge in [-0.2, -0.15) is 0 Å². The van der Waals surface area contributed by atoms with Crippen LogP contribution in [0.5, 0.6) is 11.5 Å². The molecule has 36 heavy (non-hydrogen) atoms. The summed E-state index contributed by atoms with van der Waals surface area (Å²) in [5.74, 6) is -0.477. The van der Waals surface area contributed by atoms with E-state index in [-0.39, 0.29) is 10.2 Å². The molecular formula is C26H26N2O6S2. The molecular weight excluding hydrogens is 500 g/mol. The van der Waals surface area contributed by atoms with Crippen LogP contribution in [0.15, 0.2) is 47.4 Å². The maximum absolute atomic E-state index is 12.6. The molecule has 0 atom stereocenters. The highest BCUT2D eigenvalue weighted by Crippen LogP contribution is 2.35. The fraction of sp³-hybridized carbons (Fsp3) is 0.308. The molecule has 0 unspecified atom stereocenters. The highest BCUT2D eigenvalue weighted by atomic mass is 32.2.